The molecule has 0 radical (unpaired) electrons. The van der Waals surface area contributed by atoms with E-state index >= 15 is 0 Å². The molecule has 5 heteroatoms. The van der Waals surface area contributed by atoms with Gasteiger partial charge in [0.2, 0.25) is 0 Å². The van der Waals surface area contributed by atoms with Crippen molar-refractivity contribution in [2.45, 2.75) is 31.2 Å². The normalized spacial score (nSPS) is 18.5. The van der Waals surface area contributed by atoms with E-state index < -0.39 is 0 Å². The van der Waals surface area contributed by atoms with Crippen LogP contribution in [-0.2, 0) is 0 Å². The first-order valence-corrected chi connectivity index (χ1v) is 8.01. The first-order valence-electron chi connectivity index (χ1n) is 8.01. The summed E-state index contributed by atoms with van der Waals surface area (Å²) in [4.78, 5) is 15.7. The van der Waals surface area contributed by atoms with Crippen LogP contribution in [0, 0.1) is 11.3 Å². The number of allylic oxidation sites excluding steroid dienone is 3. The molecule has 1 saturated carbocycles. The third-order valence-electron chi connectivity index (χ3n) is 4.81. The zero-order valence-electron chi connectivity index (χ0n) is 13.0. The number of rotatable bonds is 3. The van der Waals surface area contributed by atoms with Crippen LogP contribution < -0.4 is 5.32 Å². The smallest absolute Gasteiger partial charge is 0.268 e. The number of amides is 1. The number of nitrogens with zero attached hydrogens (tertiary/aromatic N) is 1. The second-order valence-electron chi connectivity index (χ2n) is 6.44. The van der Waals surface area contributed by atoms with Gasteiger partial charge >= 0.3 is 0 Å². The number of fused-ring (bicyclic) bond motifs is 1. The number of nitrogens with one attached hydrogen (secondary N) is 2. The van der Waals surface area contributed by atoms with Gasteiger partial charge in [0.15, 0.2) is 0 Å². The summed E-state index contributed by atoms with van der Waals surface area (Å²) in [5.74, 6) is -0.275. The molecule has 2 aliphatic carbocycles. The van der Waals surface area contributed by atoms with Crippen molar-refractivity contribution < 1.29 is 9.18 Å². The lowest BCUT2D eigenvalue weighted by Crippen LogP contribution is -2.38. The number of benzene rings is 1. The van der Waals surface area contributed by atoms with Crippen molar-refractivity contribution in [1.29, 1.82) is 5.26 Å². The molecule has 1 fully saturated rings. The van der Waals surface area contributed by atoms with Crippen molar-refractivity contribution in [2.24, 2.45) is 0 Å². The number of aromatic nitrogens is 1. The molecule has 24 heavy (non-hydrogen) atoms. The van der Waals surface area contributed by atoms with Crippen LogP contribution in [0.1, 0.15) is 41.7 Å². The molecule has 0 atom stereocenters. The van der Waals surface area contributed by atoms with Gasteiger partial charge in [-0.25, -0.2) is 4.39 Å². The molecule has 0 saturated heterocycles. The monoisotopic (exact) mass is 321 g/mol. The maximum absolute atomic E-state index is 13.2. The number of H-pyrrole nitrogens is 1. The summed E-state index contributed by atoms with van der Waals surface area (Å²) in [5.41, 5.74) is 2.65. The molecule has 1 aromatic heterocycles. The Bertz CT molecular complexity index is 941. The number of hydrogen-bond donors (Lipinski definition) is 2. The molecule has 120 valence electrons. The number of halogens is 1. The van der Waals surface area contributed by atoms with E-state index in [4.69, 9.17) is 5.26 Å². The van der Waals surface area contributed by atoms with E-state index in [9.17, 15) is 9.18 Å². The minimum Gasteiger partial charge on any atom is -0.351 e. The van der Waals surface area contributed by atoms with Gasteiger partial charge in [-0.15, -0.1) is 0 Å². The molecule has 4 nitrogen and oxygen atoms in total. The number of hydrogen-bond acceptors (Lipinski definition) is 2. The summed E-state index contributed by atoms with van der Waals surface area (Å²) < 4.78 is 13.2. The quantitative estimate of drug-likeness (QED) is 0.901. The first kappa shape index (κ1) is 14.7. The van der Waals surface area contributed by atoms with Gasteiger partial charge in [-0.05, 0) is 55.2 Å². The molecular formula is C19H16FN3O. The minimum atomic E-state index is -0.316. The lowest BCUT2D eigenvalue weighted by molar-refractivity contribution is 0.0933. The summed E-state index contributed by atoms with van der Waals surface area (Å²) in [5, 5.41) is 12.9. The summed E-state index contributed by atoms with van der Waals surface area (Å²) in [6, 6.07) is 9.13. The molecular weight excluding hydrogens is 305 g/mol. The first-order chi connectivity index (χ1) is 11.6. The van der Waals surface area contributed by atoms with E-state index in [1.54, 1.807) is 30.3 Å². The zero-order chi connectivity index (χ0) is 16.7. The van der Waals surface area contributed by atoms with Crippen molar-refractivity contribution in [2.75, 3.05) is 0 Å². The largest absolute Gasteiger partial charge is 0.351 e. The number of aromatic amines is 1. The van der Waals surface area contributed by atoms with Crippen LogP contribution in [0.25, 0.3) is 10.9 Å². The highest BCUT2D eigenvalue weighted by Crippen LogP contribution is 2.45. The van der Waals surface area contributed by atoms with Crippen LogP contribution in [0.5, 0.6) is 0 Å². The van der Waals surface area contributed by atoms with Gasteiger partial charge in [0.25, 0.3) is 5.91 Å². The highest BCUT2D eigenvalue weighted by molar-refractivity contribution is 5.99. The highest BCUT2D eigenvalue weighted by Gasteiger charge is 2.47. The molecule has 1 aromatic carbocycles. The van der Waals surface area contributed by atoms with Gasteiger partial charge in [-0.1, -0.05) is 6.08 Å². The fraction of sp³-hybridized carbons (Fsp3) is 0.263. The average Bonchev–Trinajstić information content (AvgIpc) is 3.23. The van der Waals surface area contributed by atoms with Gasteiger partial charge in [-0.3, -0.25) is 4.79 Å². The van der Waals surface area contributed by atoms with Gasteiger partial charge in [-0.2, -0.15) is 5.26 Å². The molecule has 1 heterocycles. The van der Waals surface area contributed by atoms with Crippen molar-refractivity contribution in [1.82, 2.24) is 10.3 Å². The predicted octanol–water partition coefficient (Wildman–Crippen LogP) is 3.88. The van der Waals surface area contributed by atoms with Crippen LogP contribution >= 0.6 is 0 Å². The Labute approximate surface area is 138 Å². The number of carbonyl (C=O) groups excluding carboxylic acids is 1. The molecule has 4 rings (SSSR count). The molecule has 2 aromatic rings. The van der Waals surface area contributed by atoms with Crippen LogP contribution in [0.15, 0.2) is 47.8 Å². The molecule has 0 spiro atoms. The Morgan fingerprint density at radius 2 is 2.08 bits per heavy atom. The Balaban J connectivity index is 1.57. The Morgan fingerprint density at radius 3 is 2.75 bits per heavy atom. The average molecular weight is 321 g/mol. The van der Waals surface area contributed by atoms with E-state index in [0.29, 0.717) is 24.1 Å². The maximum atomic E-state index is 13.2. The van der Waals surface area contributed by atoms with Crippen molar-refractivity contribution in [3.05, 3.63) is 59.1 Å². The van der Waals surface area contributed by atoms with Crippen LogP contribution in [0.3, 0.4) is 0 Å². The topological polar surface area (TPSA) is 68.7 Å². The van der Waals surface area contributed by atoms with Gasteiger partial charge in [0.05, 0.1) is 17.2 Å². The summed E-state index contributed by atoms with van der Waals surface area (Å²) in [7, 11) is 0. The third-order valence-corrected chi connectivity index (χ3v) is 4.81. The van der Waals surface area contributed by atoms with Gasteiger partial charge in [0.1, 0.15) is 11.5 Å². The lowest BCUT2D eigenvalue weighted by Gasteiger charge is -2.22. The maximum Gasteiger partial charge on any atom is 0.268 e. The Kier molecular flexibility index (Phi) is 3.27. The van der Waals surface area contributed by atoms with Crippen molar-refractivity contribution in [3.63, 3.8) is 0 Å². The molecule has 2 aliphatic rings. The van der Waals surface area contributed by atoms with Crippen molar-refractivity contribution >= 4 is 16.8 Å². The van der Waals surface area contributed by atoms with Crippen LogP contribution in [-0.4, -0.2) is 16.4 Å². The highest BCUT2D eigenvalue weighted by atomic mass is 19.1. The van der Waals surface area contributed by atoms with E-state index in [2.05, 4.69) is 16.4 Å². The van der Waals surface area contributed by atoms with Gasteiger partial charge < -0.3 is 10.3 Å². The molecule has 2 N–H and O–H groups in total. The van der Waals surface area contributed by atoms with E-state index in [-0.39, 0.29) is 17.3 Å². The van der Waals surface area contributed by atoms with E-state index in [1.165, 1.54) is 6.08 Å². The Morgan fingerprint density at radius 1 is 1.25 bits per heavy atom. The fourth-order valence-corrected chi connectivity index (χ4v) is 3.27. The summed E-state index contributed by atoms with van der Waals surface area (Å²) in [6.45, 7) is 0. The van der Waals surface area contributed by atoms with Crippen LogP contribution in [0.4, 0.5) is 4.39 Å². The zero-order valence-corrected chi connectivity index (χ0v) is 13.0. The van der Waals surface area contributed by atoms with E-state index in [0.717, 1.165) is 29.3 Å². The standard InChI is InChI=1S/C19H16FN3O/c20-15-4-2-14(3-5-15)19(7-8-19)23-18(24)17-10-13-9-12(11-21)1-6-16(13)22-17/h1-2,4,6,9-10,22H,3,5,7-8H2,(H,23,24). The van der Waals surface area contributed by atoms with Crippen LogP contribution in [0.2, 0.25) is 0 Å². The molecule has 0 bridgehead atoms. The van der Waals surface area contributed by atoms with Crippen molar-refractivity contribution in [3.8, 4) is 6.07 Å². The lowest BCUT2D eigenvalue weighted by atomic mass is 9.95. The SMILES string of the molecule is N#Cc1ccc2[nH]c(C(=O)NC3(C4=CC=C(F)CC4)CC3)cc2c1. The van der Waals surface area contributed by atoms with Gasteiger partial charge in [0, 0.05) is 17.3 Å². The molecule has 0 aliphatic heterocycles. The number of carbonyl (C=O) groups is 1. The van der Waals surface area contributed by atoms with E-state index in [1.807, 2.05) is 0 Å². The third kappa shape index (κ3) is 2.50. The summed E-state index contributed by atoms with van der Waals surface area (Å²) >= 11 is 0. The number of nitriles is 1. The predicted molar refractivity (Wildman–Crippen MR) is 89.0 cm³/mol. The molecule has 1 amide bonds. The minimum absolute atomic E-state index is 0.107. The second kappa shape index (κ2) is 5.34. The Hall–Kier alpha value is -2.87. The summed E-state index contributed by atoms with van der Waals surface area (Å²) in [6.07, 6.45) is 6.14. The fourth-order valence-electron chi connectivity index (χ4n) is 3.27. The second-order valence-corrected chi connectivity index (χ2v) is 6.44. The molecule has 0 unspecified atom stereocenters.